The van der Waals surface area contributed by atoms with Crippen LogP contribution in [0.3, 0.4) is 0 Å². The van der Waals surface area contributed by atoms with E-state index < -0.39 is 17.5 Å². The van der Waals surface area contributed by atoms with Gasteiger partial charge in [0.1, 0.15) is 5.70 Å². The molecule has 130 valence electrons. The molecule has 0 radical (unpaired) electrons. The highest BCUT2D eigenvalue weighted by atomic mass is 16.3. The van der Waals surface area contributed by atoms with E-state index >= 15 is 0 Å². The fraction of sp³-hybridized carbons (Fsp3) is 0.263. The first-order valence-electron chi connectivity index (χ1n) is 7.98. The van der Waals surface area contributed by atoms with Crippen LogP contribution in [0.1, 0.15) is 32.0 Å². The number of benzene rings is 1. The molecule has 4 N–H and O–H groups in total. The molecule has 0 spiro atoms. The zero-order valence-electron chi connectivity index (χ0n) is 14.4. The summed E-state index contributed by atoms with van der Waals surface area (Å²) in [4.78, 5) is 27.6. The number of hydrogen-bond donors (Lipinski definition) is 4. The Morgan fingerprint density at radius 3 is 2.60 bits per heavy atom. The smallest absolute Gasteiger partial charge is 0.277 e. The molecule has 1 atom stereocenters. The normalized spacial score (nSPS) is 22.8. The minimum absolute atomic E-state index is 0.0855. The zero-order chi connectivity index (χ0) is 18.4. The van der Waals surface area contributed by atoms with Gasteiger partial charge in [0.25, 0.3) is 11.8 Å². The van der Waals surface area contributed by atoms with Crippen LogP contribution in [0, 0.1) is 0 Å². The van der Waals surface area contributed by atoms with Gasteiger partial charge in [-0.3, -0.25) is 9.59 Å². The molecule has 0 saturated carbocycles. The fourth-order valence-electron chi connectivity index (χ4n) is 2.82. The molecule has 1 aromatic carbocycles. The highest BCUT2D eigenvalue weighted by Gasteiger charge is 2.39. The Bertz CT molecular complexity index is 919. The average molecular weight is 339 g/mol. The molecule has 2 amide bonds. The van der Waals surface area contributed by atoms with Gasteiger partial charge in [-0.2, -0.15) is 0 Å². The lowest BCUT2D eigenvalue weighted by Crippen LogP contribution is -2.62. The topological polar surface area (TPSA) is 94.2 Å². The summed E-state index contributed by atoms with van der Waals surface area (Å²) in [6.45, 7) is 9.14. The van der Waals surface area contributed by atoms with Crippen LogP contribution < -0.4 is 10.6 Å². The van der Waals surface area contributed by atoms with E-state index in [-0.39, 0.29) is 11.1 Å². The number of para-hydroxylation sites is 1. The Balaban J connectivity index is 2.18. The first-order valence-corrected chi connectivity index (χ1v) is 7.98. The molecule has 1 aromatic heterocycles. The van der Waals surface area contributed by atoms with Crippen molar-refractivity contribution < 1.29 is 14.7 Å². The monoisotopic (exact) mass is 339 g/mol. The summed E-state index contributed by atoms with van der Waals surface area (Å²) in [6.07, 6.45) is 3.45. The highest BCUT2D eigenvalue weighted by Crippen LogP contribution is 2.34. The van der Waals surface area contributed by atoms with Crippen molar-refractivity contribution in [1.82, 2.24) is 15.6 Å². The van der Waals surface area contributed by atoms with E-state index in [9.17, 15) is 14.7 Å². The van der Waals surface area contributed by atoms with Crippen LogP contribution in [0.4, 0.5) is 0 Å². The maximum atomic E-state index is 12.3. The fourth-order valence-corrected chi connectivity index (χ4v) is 2.82. The van der Waals surface area contributed by atoms with Crippen LogP contribution in [-0.4, -0.2) is 27.6 Å². The number of rotatable bonds is 3. The quantitative estimate of drug-likeness (QED) is 0.508. The van der Waals surface area contributed by atoms with Crippen molar-refractivity contribution in [3.05, 3.63) is 53.9 Å². The van der Waals surface area contributed by atoms with Crippen LogP contribution in [0.15, 0.2) is 42.6 Å². The van der Waals surface area contributed by atoms with Crippen molar-refractivity contribution in [2.24, 2.45) is 0 Å². The van der Waals surface area contributed by atoms with Crippen molar-refractivity contribution >= 4 is 28.8 Å². The maximum Gasteiger partial charge on any atom is 0.277 e. The molecule has 6 nitrogen and oxygen atoms in total. The molecule has 6 heteroatoms. The summed E-state index contributed by atoms with van der Waals surface area (Å²) < 4.78 is 0. The molecule has 0 bridgehead atoms. The summed E-state index contributed by atoms with van der Waals surface area (Å²) in [5.41, 5.74) is 0.406. The van der Waals surface area contributed by atoms with Gasteiger partial charge in [0.15, 0.2) is 0 Å². The molecule has 3 rings (SSSR count). The summed E-state index contributed by atoms with van der Waals surface area (Å²) in [5.74, 6) is -1.22. The van der Waals surface area contributed by atoms with E-state index in [1.165, 1.54) is 6.92 Å². The predicted molar refractivity (Wildman–Crippen MR) is 96.4 cm³/mol. The third-order valence-corrected chi connectivity index (χ3v) is 4.48. The highest BCUT2D eigenvalue weighted by molar-refractivity contribution is 6.09. The number of fused-ring (bicyclic) bond motifs is 1. The van der Waals surface area contributed by atoms with Gasteiger partial charge in [0.05, 0.1) is 0 Å². The lowest BCUT2D eigenvalue weighted by Gasteiger charge is -2.29. The van der Waals surface area contributed by atoms with Gasteiger partial charge in [0, 0.05) is 27.6 Å². The summed E-state index contributed by atoms with van der Waals surface area (Å²) in [5, 5.41) is 15.6. The molecule has 25 heavy (non-hydrogen) atoms. The average Bonchev–Trinajstić information content (AvgIpc) is 2.92. The first kappa shape index (κ1) is 17.0. The molecule has 1 aliphatic heterocycles. The number of carbonyl (C=O) groups is 2. The van der Waals surface area contributed by atoms with E-state index in [1.807, 2.05) is 44.2 Å². The van der Waals surface area contributed by atoms with Crippen LogP contribution in [0.25, 0.3) is 17.0 Å². The maximum absolute atomic E-state index is 12.3. The predicted octanol–water partition coefficient (Wildman–Crippen LogP) is 1.93. The number of carbonyl (C=O) groups excluding carboxylic acids is 2. The summed E-state index contributed by atoms with van der Waals surface area (Å²) in [6, 6.07) is 7.73. The van der Waals surface area contributed by atoms with Crippen molar-refractivity contribution in [1.29, 1.82) is 0 Å². The molecule has 0 unspecified atom stereocenters. The van der Waals surface area contributed by atoms with Crippen molar-refractivity contribution in [3.8, 4) is 0 Å². The van der Waals surface area contributed by atoms with Crippen LogP contribution in [0.2, 0.25) is 0 Å². The molecule has 1 fully saturated rings. The van der Waals surface area contributed by atoms with Crippen LogP contribution >= 0.6 is 0 Å². The molecule has 2 aromatic rings. The number of aliphatic hydroxyl groups is 1. The Kier molecular flexibility index (Phi) is 3.80. The van der Waals surface area contributed by atoms with Gasteiger partial charge in [0.2, 0.25) is 5.72 Å². The number of amides is 2. The minimum Gasteiger partial charge on any atom is -0.363 e. The second-order valence-corrected chi connectivity index (χ2v) is 6.92. The summed E-state index contributed by atoms with van der Waals surface area (Å²) in [7, 11) is 0. The van der Waals surface area contributed by atoms with Gasteiger partial charge in [-0.1, -0.05) is 38.1 Å². The van der Waals surface area contributed by atoms with Gasteiger partial charge >= 0.3 is 0 Å². The molecule has 1 saturated heterocycles. The number of nitrogens with one attached hydrogen (secondary N) is 3. The SMILES string of the molecule is C=CC(C)(C)c1[nH]c2ccccc2c1/C=C1\NC(=O)[C@](C)(O)NC1=O. The third kappa shape index (κ3) is 2.85. The molecular weight excluding hydrogens is 318 g/mol. The van der Waals surface area contributed by atoms with Gasteiger partial charge in [-0.25, -0.2) is 0 Å². The zero-order valence-corrected chi connectivity index (χ0v) is 14.4. The van der Waals surface area contributed by atoms with Crippen molar-refractivity contribution in [2.75, 3.05) is 0 Å². The Hall–Kier alpha value is -2.86. The first-order chi connectivity index (χ1) is 11.7. The van der Waals surface area contributed by atoms with E-state index in [2.05, 4.69) is 22.2 Å². The summed E-state index contributed by atoms with van der Waals surface area (Å²) >= 11 is 0. The second kappa shape index (κ2) is 5.60. The second-order valence-electron chi connectivity index (χ2n) is 6.92. The molecule has 0 aliphatic carbocycles. The third-order valence-electron chi connectivity index (χ3n) is 4.48. The van der Waals surface area contributed by atoms with E-state index in [0.717, 1.165) is 22.2 Å². The standard InChI is InChI=1S/C19H21N3O3/c1-5-18(2,3)15-12(11-8-6-7-9-13(11)20-15)10-14-16(23)22-19(4,25)17(24)21-14/h5-10,20,25H,1H2,2-4H3,(H,21,24)(H,22,23)/b14-10-/t19-/m0/s1. The number of aromatic amines is 1. The number of hydrogen-bond acceptors (Lipinski definition) is 3. The minimum atomic E-state index is -1.92. The largest absolute Gasteiger partial charge is 0.363 e. The van der Waals surface area contributed by atoms with E-state index in [0.29, 0.717) is 0 Å². The van der Waals surface area contributed by atoms with Gasteiger partial charge < -0.3 is 20.7 Å². The van der Waals surface area contributed by atoms with Gasteiger partial charge in [-0.15, -0.1) is 6.58 Å². The molecule has 2 heterocycles. The lowest BCUT2D eigenvalue weighted by molar-refractivity contribution is -0.149. The van der Waals surface area contributed by atoms with Crippen LogP contribution in [0.5, 0.6) is 0 Å². The molecular formula is C19H21N3O3. The molecule has 1 aliphatic rings. The number of allylic oxidation sites excluding steroid dienone is 1. The van der Waals surface area contributed by atoms with E-state index in [4.69, 9.17) is 0 Å². The Labute approximate surface area is 145 Å². The Morgan fingerprint density at radius 2 is 1.92 bits per heavy atom. The number of piperazine rings is 1. The Morgan fingerprint density at radius 1 is 1.24 bits per heavy atom. The lowest BCUT2D eigenvalue weighted by atomic mass is 9.86. The number of aromatic nitrogens is 1. The van der Waals surface area contributed by atoms with E-state index in [1.54, 1.807) is 6.08 Å². The van der Waals surface area contributed by atoms with Crippen molar-refractivity contribution in [2.45, 2.75) is 31.9 Å². The van der Waals surface area contributed by atoms with Gasteiger partial charge in [-0.05, 0) is 19.1 Å². The number of H-pyrrole nitrogens is 1. The van der Waals surface area contributed by atoms with Crippen LogP contribution in [-0.2, 0) is 15.0 Å². The van der Waals surface area contributed by atoms with Crippen molar-refractivity contribution in [3.63, 3.8) is 0 Å².